The van der Waals surface area contributed by atoms with Gasteiger partial charge < -0.3 is 5.32 Å². The highest BCUT2D eigenvalue weighted by Crippen LogP contribution is 1.73. The Balaban J connectivity index is 2.20. The molecule has 0 saturated carbocycles. The number of nitrogens with zero attached hydrogens (tertiary/aromatic N) is 1. The largest absolute Gasteiger partial charge is 0.311 e. The maximum absolute atomic E-state index is 4.03. The minimum Gasteiger partial charge on any atom is -0.311 e. The maximum Gasteiger partial charge on any atom is 0.0514 e. The molecule has 2 nitrogen and oxygen atoms in total. The van der Waals surface area contributed by atoms with Crippen LogP contribution in [-0.4, -0.2) is 19.6 Å². The molecule has 0 spiro atoms. The lowest BCUT2D eigenvalue weighted by molar-refractivity contribution is 0.726. The summed E-state index contributed by atoms with van der Waals surface area (Å²) in [5.74, 6) is 0. The summed E-state index contributed by atoms with van der Waals surface area (Å²) in [6.07, 6.45) is 3.88. The Morgan fingerprint density at radius 2 is 2.57 bits per heavy atom. The van der Waals surface area contributed by atoms with Gasteiger partial charge in [-0.05, 0) is 0 Å². The van der Waals surface area contributed by atoms with Crippen LogP contribution in [0.2, 0.25) is 0 Å². The van der Waals surface area contributed by atoms with Gasteiger partial charge in [-0.3, -0.25) is 5.32 Å². The minimum atomic E-state index is 0.927. The number of hydrogen-bond donors (Lipinski definition) is 1. The lowest BCUT2D eigenvalue weighted by Gasteiger charge is -1.91. The first-order valence-electron chi connectivity index (χ1n) is 2.52. The van der Waals surface area contributed by atoms with E-state index < -0.39 is 0 Å². The second kappa shape index (κ2) is 2.64. The molecule has 1 aliphatic rings. The van der Waals surface area contributed by atoms with Crippen molar-refractivity contribution in [2.45, 2.75) is 0 Å². The number of nitrogens with one attached hydrogen (secondary N) is 1. The van der Waals surface area contributed by atoms with Gasteiger partial charge in [-0.25, -0.2) is 0 Å². The van der Waals surface area contributed by atoms with E-state index in [9.17, 15) is 0 Å². The first-order valence-corrected chi connectivity index (χ1v) is 2.52. The molecule has 39 valence electrons. The Morgan fingerprint density at radius 3 is 3.57 bits per heavy atom. The van der Waals surface area contributed by atoms with Gasteiger partial charge in [0.1, 0.15) is 0 Å². The first kappa shape index (κ1) is 4.65. The number of rotatable bonds is 0. The van der Waals surface area contributed by atoms with E-state index in [0.717, 1.165) is 19.6 Å². The second-order valence-corrected chi connectivity index (χ2v) is 1.50. The molecule has 0 aromatic heterocycles. The van der Waals surface area contributed by atoms with Gasteiger partial charge in [0.15, 0.2) is 0 Å². The average molecular weight is 97.1 g/mol. The van der Waals surface area contributed by atoms with Gasteiger partial charge in [0.25, 0.3) is 0 Å². The standard InChI is InChI=1S/C5H9N2/c1-2-6-4-5-7-3-1/h1-2,7H,3-5H2. The van der Waals surface area contributed by atoms with Gasteiger partial charge >= 0.3 is 0 Å². The van der Waals surface area contributed by atoms with Crippen LogP contribution in [0.1, 0.15) is 0 Å². The van der Waals surface area contributed by atoms with Crippen molar-refractivity contribution in [3.63, 3.8) is 0 Å². The highest BCUT2D eigenvalue weighted by molar-refractivity contribution is 4.84. The monoisotopic (exact) mass is 97.1 g/mol. The van der Waals surface area contributed by atoms with Crippen LogP contribution >= 0.6 is 0 Å². The van der Waals surface area contributed by atoms with Gasteiger partial charge in [-0.2, -0.15) is 0 Å². The Morgan fingerprint density at radius 1 is 1.57 bits per heavy atom. The Hall–Kier alpha value is -0.500. The molecule has 0 unspecified atom stereocenters. The highest BCUT2D eigenvalue weighted by Gasteiger charge is 1.86. The topological polar surface area (TPSA) is 26.1 Å². The maximum atomic E-state index is 4.03. The van der Waals surface area contributed by atoms with Crippen LogP contribution < -0.4 is 10.6 Å². The van der Waals surface area contributed by atoms with E-state index in [0.29, 0.717) is 0 Å². The molecule has 0 fully saturated rings. The third-order valence-electron chi connectivity index (χ3n) is 0.891. The molecule has 1 N–H and O–H groups in total. The highest BCUT2D eigenvalue weighted by atomic mass is 14.9. The lowest BCUT2D eigenvalue weighted by atomic mass is 10.6. The molecule has 0 amide bonds. The molecular formula is C5H9N2. The van der Waals surface area contributed by atoms with E-state index in [4.69, 9.17) is 0 Å². The Kier molecular flexibility index (Phi) is 1.75. The van der Waals surface area contributed by atoms with Crippen molar-refractivity contribution in [1.29, 1.82) is 0 Å². The molecule has 0 saturated heterocycles. The van der Waals surface area contributed by atoms with Crippen molar-refractivity contribution in [3.05, 3.63) is 12.3 Å². The van der Waals surface area contributed by atoms with Crippen molar-refractivity contribution in [2.24, 2.45) is 0 Å². The minimum absolute atomic E-state index is 0.927. The van der Waals surface area contributed by atoms with Crippen LogP contribution in [0.25, 0.3) is 0 Å². The molecule has 1 rings (SSSR count). The van der Waals surface area contributed by atoms with Crippen LogP contribution in [-0.2, 0) is 0 Å². The summed E-state index contributed by atoms with van der Waals surface area (Å²) >= 11 is 0. The Labute approximate surface area is 43.6 Å². The van der Waals surface area contributed by atoms with Crippen LogP contribution in [0.4, 0.5) is 0 Å². The van der Waals surface area contributed by atoms with Crippen LogP contribution in [0.5, 0.6) is 0 Å². The van der Waals surface area contributed by atoms with Crippen LogP contribution in [0, 0.1) is 0 Å². The fourth-order valence-electron chi connectivity index (χ4n) is 0.531. The van der Waals surface area contributed by atoms with E-state index >= 15 is 0 Å². The zero-order chi connectivity index (χ0) is 4.95. The van der Waals surface area contributed by atoms with Crippen LogP contribution in [0.15, 0.2) is 12.3 Å². The summed E-state index contributed by atoms with van der Waals surface area (Å²) in [5, 5.41) is 7.19. The predicted molar refractivity (Wildman–Crippen MR) is 29.0 cm³/mol. The van der Waals surface area contributed by atoms with E-state index in [2.05, 4.69) is 10.6 Å². The Bertz CT molecular complexity index is 60.5. The van der Waals surface area contributed by atoms with Gasteiger partial charge in [0, 0.05) is 19.3 Å². The third kappa shape index (κ3) is 1.59. The van der Waals surface area contributed by atoms with E-state index in [1.54, 1.807) is 0 Å². The molecule has 1 heterocycles. The van der Waals surface area contributed by atoms with Crippen molar-refractivity contribution in [2.75, 3.05) is 19.6 Å². The molecule has 0 aromatic rings. The zero-order valence-electron chi connectivity index (χ0n) is 4.22. The quantitative estimate of drug-likeness (QED) is 0.441. The molecule has 2 heteroatoms. The van der Waals surface area contributed by atoms with E-state index in [1.165, 1.54) is 0 Å². The molecule has 7 heavy (non-hydrogen) atoms. The normalized spacial score (nSPS) is 20.6. The van der Waals surface area contributed by atoms with Gasteiger partial charge in [0.05, 0.1) is 6.54 Å². The molecule has 0 atom stereocenters. The molecule has 1 aliphatic heterocycles. The molecule has 0 bridgehead atoms. The summed E-state index contributed by atoms with van der Waals surface area (Å²) in [7, 11) is 0. The van der Waals surface area contributed by atoms with E-state index in [-0.39, 0.29) is 0 Å². The van der Waals surface area contributed by atoms with Crippen molar-refractivity contribution in [1.82, 2.24) is 10.6 Å². The van der Waals surface area contributed by atoms with Crippen molar-refractivity contribution < 1.29 is 0 Å². The fourth-order valence-corrected chi connectivity index (χ4v) is 0.531. The van der Waals surface area contributed by atoms with Crippen LogP contribution in [0.3, 0.4) is 0 Å². The third-order valence-corrected chi connectivity index (χ3v) is 0.891. The molecule has 0 aromatic carbocycles. The molecular weight excluding hydrogens is 88.1 g/mol. The summed E-state index contributed by atoms with van der Waals surface area (Å²) in [5.41, 5.74) is 0. The van der Waals surface area contributed by atoms with Gasteiger partial charge in [-0.15, -0.1) is 0 Å². The molecule has 1 radical (unpaired) electrons. The second-order valence-electron chi connectivity index (χ2n) is 1.50. The fraction of sp³-hybridized carbons (Fsp3) is 0.600. The SMILES string of the molecule is C1=C[N]CCNC1. The average Bonchev–Trinajstić information content (AvgIpc) is 1.90. The summed E-state index contributed by atoms with van der Waals surface area (Å²) in [4.78, 5) is 0. The molecule has 0 aliphatic carbocycles. The zero-order valence-corrected chi connectivity index (χ0v) is 4.22. The summed E-state index contributed by atoms with van der Waals surface area (Å²) < 4.78 is 0. The predicted octanol–water partition coefficient (Wildman–Crippen LogP) is -0.292. The van der Waals surface area contributed by atoms with Crippen molar-refractivity contribution >= 4 is 0 Å². The number of hydrogen-bond acceptors (Lipinski definition) is 1. The van der Waals surface area contributed by atoms with Crippen molar-refractivity contribution in [3.8, 4) is 0 Å². The van der Waals surface area contributed by atoms with E-state index in [1.807, 2.05) is 12.3 Å². The summed E-state index contributed by atoms with van der Waals surface area (Å²) in [6, 6.07) is 0. The first-order chi connectivity index (χ1) is 3.50. The van der Waals surface area contributed by atoms with Gasteiger partial charge in [-0.1, -0.05) is 6.08 Å². The lowest BCUT2D eigenvalue weighted by Crippen LogP contribution is -2.18. The summed E-state index contributed by atoms with van der Waals surface area (Å²) in [6.45, 7) is 2.92. The van der Waals surface area contributed by atoms with Gasteiger partial charge in [0.2, 0.25) is 0 Å². The smallest absolute Gasteiger partial charge is 0.0514 e.